The van der Waals surface area contributed by atoms with Gasteiger partial charge < -0.3 is 9.73 Å². The van der Waals surface area contributed by atoms with Crippen LogP contribution in [0.5, 0.6) is 0 Å². The Bertz CT molecular complexity index is 421. The van der Waals surface area contributed by atoms with Crippen molar-refractivity contribution in [3.05, 3.63) is 36.0 Å². The summed E-state index contributed by atoms with van der Waals surface area (Å²) in [7, 11) is 0. The molecule has 2 aromatic rings. The van der Waals surface area contributed by atoms with E-state index in [1.807, 2.05) is 25.3 Å². The van der Waals surface area contributed by atoms with Crippen LogP contribution in [0.4, 0.5) is 0 Å². The van der Waals surface area contributed by atoms with Gasteiger partial charge in [-0.3, -0.25) is 4.68 Å². The molecule has 2 aromatic heterocycles. The Balaban J connectivity index is 1.78. The highest BCUT2D eigenvalue weighted by Gasteiger charge is 2.07. The molecule has 0 aliphatic rings. The van der Waals surface area contributed by atoms with Crippen molar-refractivity contribution in [2.75, 3.05) is 6.54 Å². The first kappa shape index (κ1) is 10.9. The Morgan fingerprint density at radius 1 is 1.50 bits per heavy atom. The first-order valence-corrected chi connectivity index (χ1v) is 5.39. The lowest BCUT2D eigenvalue weighted by Gasteiger charge is -2.10. The second kappa shape index (κ2) is 4.94. The summed E-state index contributed by atoms with van der Waals surface area (Å²) in [5.41, 5.74) is 0. The highest BCUT2D eigenvalue weighted by Crippen LogP contribution is 2.14. The van der Waals surface area contributed by atoms with Gasteiger partial charge in [-0.15, -0.1) is 5.10 Å². The van der Waals surface area contributed by atoms with Crippen LogP contribution in [-0.2, 0) is 6.54 Å². The standard InChI is InChI=1S/C11H16N4O/c1-9-3-4-11(16-9)10(2)12-5-7-15-8-6-13-14-15/h3-4,6,8,10,12H,5,7H2,1-2H3. The van der Waals surface area contributed by atoms with Crippen LogP contribution in [0.1, 0.15) is 24.5 Å². The van der Waals surface area contributed by atoms with Gasteiger partial charge in [-0.25, -0.2) is 0 Å². The molecule has 0 saturated carbocycles. The van der Waals surface area contributed by atoms with Crippen molar-refractivity contribution in [3.8, 4) is 0 Å². The van der Waals surface area contributed by atoms with Crippen molar-refractivity contribution in [3.63, 3.8) is 0 Å². The van der Waals surface area contributed by atoms with E-state index in [9.17, 15) is 0 Å². The molecular formula is C11H16N4O. The van der Waals surface area contributed by atoms with Gasteiger partial charge in [-0.1, -0.05) is 5.21 Å². The average molecular weight is 220 g/mol. The van der Waals surface area contributed by atoms with Crippen molar-refractivity contribution < 1.29 is 4.42 Å². The third kappa shape index (κ3) is 2.70. The molecule has 0 spiro atoms. The Morgan fingerprint density at radius 2 is 2.38 bits per heavy atom. The molecular weight excluding hydrogens is 204 g/mol. The Hall–Kier alpha value is -1.62. The molecule has 0 saturated heterocycles. The highest BCUT2D eigenvalue weighted by molar-refractivity contribution is 5.08. The second-order valence-electron chi connectivity index (χ2n) is 3.79. The zero-order valence-electron chi connectivity index (χ0n) is 9.55. The number of rotatable bonds is 5. The smallest absolute Gasteiger partial charge is 0.120 e. The van der Waals surface area contributed by atoms with Crippen molar-refractivity contribution in [2.24, 2.45) is 0 Å². The van der Waals surface area contributed by atoms with E-state index in [2.05, 4.69) is 22.6 Å². The predicted molar refractivity (Wildman–Crippen MR) is 59.9 cm³/mol. The maximum Gasteiger partial charge on any atom is 0.120 e. The number of nitrogens with zero attached hydrogens (tertiary/aromatic N) is 3. The number of hydrogen-bond acceptors (Lipinski definition) is 4. The number of nitrogens with one attached hydrogen (secondary N) is 1. The van der Waals surface area contributed by atoms with E-state index in [0.29, 0.717) is 0 Å². The quantitative estimate of drug-likeness (QED) is 0.830. The van der Waals surface area contributed by atoms with Crippen LogP contribution in [0.2, 0.25) is 0 Å². The van der Waals surface area contributed by atoms with Crippen LogP contribution in [-0.4, -0.2) is 21.5 Å². The molecule has 1 N–H and O–H groups in total. The van der Waals surface area contributed by atoms with Gasteiger partial charge in [0.15, 0.2) is 0 Å². The molecule has 0 bridgehead atoms. The number of aryl methyl sites for hydroxylation is 1. The molecule has 0 aliphatic heterocycles. The van der Waals surface area contributed by atoms with E-state index >= 15 is 0 Å². The highest BCUT2D eigenvalue weighted by atomic mass is 16.3. The topological polar surface area (TPSA) is 55.9 Å². The Kier molecular flexibility index (Phi) is 3.36. The maximum absolute atomic E-state index is 5.54. The van der Waals surface area contributed by atoms with Gasteiger partial charge in [0.2, 0.25) is 0 Å². The molecule has 5 heteroatoms. The summed E-state index contributed by atoms with van der Waals surface area (Å²) >= 11 is 0. The molecule has 5 nitrogen and oxygen atoms in total. The fourth-order valence-electron chi connectivity index (χ4n) is 1.53. The summed E-state index contributed by atoms with van der Waals surface area (Å²) in [5, 5.41) is 11.0. The van der Waals surface area contributed by atoms with E-state index in [4.69, 9.17) is 4.42 Å². The fraction of sp³-hybridized carbons (Fsp3) is 0.455. The van der Waals surface area contributed by atoms with Crippen LogP contribution >= 0.6 is 0 Å². The van der Waals surface area contributed by atoms with Gasteiger partial charge in [0.25, 0.3) is 0 Å². The molecule has 86 valence electrons. The average Bonchev–Trinajstić information content (AvgIpc) is 2.89. The van der Waals surface area contributed by atoms with Gasteiger partial charge in [0.05, 0.1) is 18.8 Å². The number of aromatic nitrogens is 3. The SMILES string of the molecule is Cc1ccc(C(C)NCCn2ccnn2)o1. The second-order valence-corrected chi connectivity index (χ2v) is 3.79. The molecule has 0 aromatic carbocycles. The molecule has 2 rings (SSSR count). The lowest BCUT2D eigenvalue weighted by atomic mass is 10.2. The Morgan fingerprint density at radius 3 is 3.00 bits per heavy atom. The molecule has 2 heterocycles. The minimum Gasteiger partial charge on any atom is -0.465 e. The van der Waals surface area contributed by atoms with Crippen LogP contribution in [0.15, 0.2) is 28.9 Å². The van der Waals surface area contributed by atoms with Gasteiger partial charge >= 0.3 is 0 Å². The van der Waals surface area contributed by atoms with E-state index in [-0.39, 0.29) is 6.04 Å². The number of hydrogen-bond donors (Lipinski definition) is 1. The van der Waals surface area contributed by atoms with Gasteiger partial charge in [0, 0.05) is 12.7 Å². The minimum absolute atomic E-state index is 0.220. The lowest BCUT2D eigenvalue weighted by Crippen LogP contribution is -2.23. The number of furan rings is 1. The monoisotopic (exact) mass is 220 g/mol. The summed E-state index contributed by atoms with van der Waals surface area (Å²) in [5.74, 6) is 1.91. The maximum atomic E-state index is 5.54. The summed E-state index contributed by atoms with van der Waals surface area (Å²) < 4.78 is 7.33. The molecule has 1 unspecified atom stereocenters. The van der Waals surface area contributed by atoms with Gasteiger partial charge in [0.1, 0.15) is 11.5 Å². The van der Waals surface area contributed by atoms with Crippen LogP contribution in [0.3, 0.4) is 0 Å². The van der Waals surface area contributed by atoms with E-state index in [1.165, 1.54) is 0 Å². The van der Waals surface area contributed by atoms with Crippen LogP contribution < -0.4 is 5.32 Å². The third-order valence-electron chi connectivity index (χ3n) is 2.45. The Labute approximate surface area is 94.5 Å². The van der Waals surface area contributed by atoms with E-state index < -0.39 is 0 Å². The lowest BCUT2D eigenvalue weighted by molar-refractivity contribution is 0.406. The molecule has 0 aliphatic carbocycles. The predicted octanol–water partition coefficient (Wildman–Crippen LogP) is 1.53. The molecule has 1 atom stereocenters. The van der Waals surface area contributed by atoms with Crippen molar-refractivity contribution in [2.45, 2.75) is 26.4 Å². The molecule has 0 fully saturated rings. The molecule has 0 amide bonds. The summed E-state index contributed by atoms with van der Waals surface area (Å²) in [6.07, 6.45) is 3.53. The van der Waals surface area contributed by atoms with Crippen molar-refractivity contribution in [1.29, 1.82) is 0 Å². The summed E-state index contributed by atoms with van der Waals surface area (Å²) in [6.45, 7) is 5.68. The van der Waals surface area contributed by atoms with E-state index in [0.717, 1.165) is 24.6 Å². The van der Waals surface area contributed by atoms with Gasteiger partial charge in [-0.2, -0.15) is 0 Å². The summed E-state index contributed by atoms with van der Waals surface area (Å²) in [4.78, 5) is 0. The van der Waals surface area contributed by atoms with Crippen LogP contribution in [0.25, 0.3) is 0 Å². The fourth-order valence-corrected chi connectivity index (χ4v) is 1.53. The van der Waals surface area contributed by atoms with Gasteiger partial charge in [-0.05, 0) is 26.0 Å². The zero-order valence-corrected chi connectivity index (χ0v) is 9.55. The van der Waals surface area contributed by atoms with Crippen LogP contribution in [0, 0.1) is 6.92 Å². The van der Waals surface area contributed by atoms with Crippen molar-refractivity contribution in [1.82, 2.24) is 20.3 Å². The third-order valence-corrected chi connectivity index (χ3v) is 2.45. The first-order chi connectivity index (χ1) is 7.75. The minimum atomic E-state index is 0.220. The zero-order chi connectivity index (χ0) is 11.4. The van der Waals surface area contributed by atoms with Crippen molar-refractivity contribution >= 4 is 0 Å². The largest absolute Gasteiger partial charge is 0.465 e. The summed E-state index contributed by atoms with van der Waals surface area (Å²) in [6, 6.07) is 4.20. The first-order valence-electron chi connectivity index (χ1n) is 5.39. The molecule has 16 heavy (non-hydrogen) atoms. The molecule has 0 radical (unpaired) electrons. The van der Waals surface area contributed by atoms with E-state index in [1.54, 1.807) is 10.9 Å². The normalized spacial score (nSPS) is 12.9.